The second kappa shape index (κ2) is 3.75. The monoisotopic (exact) mass is 300 g/mol. The number of nitriles is 1. The first-order chi connectivity index (χ1) is 6.72. The normalized spacial score (nSPS) is 19.4. The third-order valence-electron chi connectivity index (χ3n) is 2.31. The molecule has 1 aliphatic rings. The largest absolute Gasteiger partial charge is 0.493 e. The zero-order chi connectivity index (χ0) is 10.1. The highest BCUT2D eigenvalue weighted by Gasteiger charge is 2.19. The van der Waals surface area contributed by atoms with Crippen molar-refractivity contribution in [2.24, 2.45) is 5.73 Å². The van der Waals surface area contributed by atoms with E-state index in [2.05, 4.69) is 28.7 Å². The summed E-state index contributed by atoms with van der Waals surface area (Å²) in [6.07, 6.45) is 0.842. The highest BCUT2D eigenvalue weighted by molar-refractivity contribution is 14.1. The van der Waals surface area contributed by atoms with Crippen LogP contribution >= 0.6 is 22.6 Å². The Morgan fingerprint density at radius 1 is 1.57 bits per heavy atom. The molecular weight excluding hydrogens is 291 g/mol. The molecule has 2 rings (SSSR count). The van der Waals surface area contributed by atoms with Crippen LogP contribution in [0.3, 0.4) is 0 Å². The SMILES string of the molecule is N#Cc1cc2c(cc1I)[C@H](N)CCO2. The summed E-state index contributed by atoms with van der Waals surface area (Å²) >= 11 is 2.14. The van der Waals surface area contributed by atoms with Gasteiger partial charge in [-0.15, -0.1) is 0 Å². The predicted molar refractivity (Wildman–Crippen MR) is 60.9 cm³/mol. The number of rotatable bonds is 0. The summed E-state index contributed by atoms with van der Waals surface area (Å²) in [4.78, 5) is 0. The fraction of sp³-hybridized carbons (Fsp3) is 0.300. The molecule has 0 aliphatic carbocycles. The van der Waals surface area contributed by atoms with Gasteiger partial charge in [-0.1, -0.05) is 0 Å². The lowest BCUT2D eigenvalue weighted by Crippen LogP contribution is -2.20. The third kappa shape index (κ3) is 1.57. The van der Waals surface area contributed by atoms with Crippen molar-refractivity contribution in [2.45, 2.75) is 12.5 Å². The molecule has 3 nitrogen and oxygen atoms in total. The first kappa shape index (κ1) is 9.74. The van der Waals surface area contributed by atoms with E-state index in [1.807, 2.05) is 6.07 Å². The van der Waals surface area contributed by atoms with Crippen molar-refractivity contribution in [3.63, 3.8) is 0 Å². The van der Waals surface area contributed by atoms with Crippen LogP contribution in [0.25, 0.3) is 0 Å². The number of fused-ring (bicyclic) bond motifs is 1. The number of ether oxygens (including phenoxy) is 1. The molecular formula is C10H9IN2O. The maximum Gasteiger partial charge on any atom is 0.125 e. The molecule has 0 saturated heterocycles. The molecule has 1 aliphatic heterocycles. The third-order valence-corrected chi connectivity index (χ3v) is 3.20. The van der Waals surface area contributed by atoms with Crippen LogP contribution in [0.2, 0.25) is 0 Å². The molecule has 0 unspecified atom stereocenters. The molecule has 0 amide bonds. The van der Waals surface area contributed by atoms with Gasteiger partial charge in [0.05, 0.1) is 12.2 Å². The first-order valence-corrected chi connectivity index (χ1v) is 5.42. The second-order valence-electron chi connectivity index (χ2n) is 3.23. The number of benzene rings is 1. The standard InChI is InChI=1S/C10H9IN2O/c11-8-4-7-9(13)1-2-14-10(7)3-6(8)5-12/h3-4,9H,1-2,13H2/t9-/m1/s1. The molecule has 72 valence electrons. The van der Waals surface area contributed by atoms with Crippen molar-refractivity contribution in [2.75, 3.05) is 6.61 Å². The van der Waals surface area contributed by atoms with E-state index >= 15 is 0 Å². The number of hydrogen-bond donors (Lipinski definition) is 1. The number of nitrogens with two attached hydrogens (primary N) is 1. The van der Waals surface area contributed by atoms with Crippen LogP contribution in [0.1, 0.15) is 23.6 Å². The summed E-state index contributed by atoms with van der Waals surface area (Å²) in [6, 6.07) is 5.89. The van der Waals surface area contributed by atoms with E-state index in [1.165, 1.54) is 0 Å². The van der Waals surface area contributed by atoms with Crippen LogP contribution in [0.4, 0.5) is 0 Å². The van der Waals surface area contributed by atoms with Gasteiger partial charge in [-0.2, -0.15) is 5.26 Å². The molecule has 1 aromatic rings. The molecule has 0 saturated carbocycles. The van der Waals surface area contributed by atoms with Crippen molar-refractivity contribution >= 4 is 22.6 Å². The lowest BCUT2D eigenvalue weighted by molar-refractivity contribution is 0.269. The number of halogens is 1. The lowest BCUT2D eigenvalue weighted by atomic mass is 10.00. The van der Waals surface area contributed by atoms with E-state index in [9.17, 15) is 0 Å². The summed E-state index contributed by atoms with van der Waals surface area (Å²) in [6.45, 7) is 0.639. The van der Waals surface area contributed by atoms with Crippen LogP contribution in [0, 0.1) is 14.9 Å². The topological polar surface area (TPSA) is 59.0 Å². The summed E-state index contributed by atoms with van der Waals surface area (Å²) < 4.78 is 6.39. The summed E-state index contributed by atoms with van der Waals surface area (Å²) in [7, 11) is 0. The Bertz CT molecular complexity index is 411. The smallest absolute Gasteiger partial charge is 0.125 e. The minimum atomic E-state index is 0.0417. The van der Waals surface area contributed by atoms with Crippen LogP contribution in [-0.4, -0.2) is 6.61 Å². The Hall–Kier alpha value is -0.800. The van der Waals surface area contributed by atoms with Gasteiger partial charge in [0.25, 0.3) is 0 Å². The van der Waals surface area contributed by atoms with Gasteiger partial charge >= 0.3 is 0 Å². The molecule has 4 heteroatoms. The van der Waals surface area contributed by atoms with Crippen molar-refractivity contribution in [1.82, 2.24) is 0 Å². The van der Waals surface area contributed by atoms with Gasteiger partial charge in [0.2, 0.25) is 0 Å². The molecule has 2 N–H and O–H groups in total. The van der Waals surface area contributed by atoms with E-state index in [0.29, 0.717) is 12.2 Å². The van der Waals surface area contributed by atoms with E-state index in [-0.39, 0.29) is 6.04 Å². The number of nitrogens with zero attached hydrogens (tertiary/aromatic N) is 1. The molecule has 1 atom stereocenters. The first-order valence-electron chi connectivity index (χ1n) is 4.34. The minimum Gasteiger partial charge on any atom is -0.493 e. The second-order valence-corrected chi connectivity index (χ2v) is 4.39. The fourth-order valence-electron chi connectivity index (χ4n) is 1.52. The minimum absolute atomic E-state index is 0.0417. The molecule has 14 heavy (non-hydrogen) atoms. The summed E-state index contributed by atoms with van der Waals surface area (Å²) in [5.41, 5.74) is 7.61. The summed E-state index contributed by atoms with van der Waals surface area (Å²) in [5, 5.41) is 8.84. The Labute approximate surface area is 96.0 Å². The fourth-order valence-corrected chi connectivity index (χ4v) is 2.13. The average molecular weight is 300 g/mol. The molecule has 0 fully saturated rings. The molecule has 0 radical (unpaired) electrons. The average Bonchev–Trinajstić information content (AvgIpc) is 2.19. The van der Waals surface area contributed by atoms with E-state index in [1.54, 1.807) is 6.07 Å². The van der Waals surface area contributed by atoms with Crippen LogP contribution in [0.15, 0.2) is 12.1 Å². The van der Waals surface area contributed by atoms with E-state index in [4.69, 9.17) is 15.7 Å². The zero-order valence-corrected chi connectivity index (χ0v) is 9.61. The molecule has 0 aromatic heterocycles. The molecule has 1 aromatic carbocycles. The van der Waals surface area contributed by atoms with E-state index in [0.717, 1.165) is 21.3 Å². The van der Waals surface area contributed by atoms with Crippen molar-refractivity contribution < 1.29 is 4.74 Å². The van der Waals surface area contributed by atoms with Gasteiger partial charge in [-0.05, 0) is 34.7 Å². The highest BCUT2D eigenvalue weighted by Crippen LogP contribution is 2.33. The van der Waals surface area contributed by atoms with Gasteiger partial charge in [0.1, 0.15) is 11.8 Å². The predicted octanol–water partition coefficient (Wildman–Crippen LogP) is 1.95. The Morgan fingerprint density at radius 2 is 2.36 bits per heavy atom. The van der Waals surface area contributed by atoms with Gasteiger partial charge in [0, 0.05) is 21.6 Å². The quantitative estimate of drug-likeness (QED) is 0.745. The van der Waals surface area contributed by atoms with E-state index < -0.39 is 0 Å². The Balaban J connectivity index is 2.55. The maximum atomic E-state index is 8.84. The van der Waals surface area contributed by atoms with Crippen LogP contribution in [-0.2, 0) is 0 Å². The van der Waals surface area contributed by atoms with Crippen molar-refractivity contribution in [1.29, 1.82) is 5.26 Å². The highest BCUT2D eigenvalue weighted by atomic mass is 127. The van der Waals surface area contributed by atoms with Gasteiger partial charge < -0.3 is 10.5 Å². The molecule has 1 heterocycles. The summed E-state index contributed by atoms with van der Waals surface area (Å²) in [5.74, 6) is 0.765. The molecule has 0 spiro atoms. The number of hydrogen-bond acceptors (Lipinski definition) is 3. The van der Waals surface area contributed by atoms with Crippen molar-refractivity contribution in [3.05, 3.63) is 26.8 Å². The Morgan fingerprint density at radius 3 is 3.07 bits per heavy atom. The zero-order valence-electron chi connectivity index (χ0n) is 7.46. The van der Waals surface area contributed by atoms with Gasteiger partial charge in [0.15, 0.2) is 0 Å². The molecule has 0 bridgehead atoms. The Kier molecular flexibility index (Phi) is 2.61. The van der Waals surface area contributed by atoms with Gasteiger partial charge in [-0.25, -0.2) is 0 Å². The van der Waals surface area contributed by atoms with Crippen LogP contribution in [0.5, 0.6) is 5.75 Å². The van der Waals surface area contributed by atoms with Gasteiger partial charge in [-0.3, -0.25) is 0 Å². The maximum absolute atomic E-state index is 8.84. The lowest BCUT2D eigenvalue weighted by Gasteiger charge is -2.23. The van der Waals surface area contributed by atoms with Crippen molar-refractivity contribution in [3.8, 4) is 11.8 Å². The van der Waals surface area contributed by atoms with Crippen LogP contribution < -0.4 is 10.5 Å².